The highest BCUT2D eigenvalue weighted by Crippen LogP contribution is 2.25. The molecule has 0 amide bonds. The first-order valence-electron chi connectivity index (χ1n) is 3.82. The number of fused-ring (bicyclic) bond motifs is 1. The molecular formula is C7H13NO. The van der Waals surface area contributed by atoms with E-state index in [1.165, 1.54) is 19.3 Å². The summed E-state index contributed by atoms with van der Waals surface area (Å²) in [5, 5.41) is 3.34. The molecule has 0 spiro atoms. The van der Waals surface area contributed by atoms with E-state index in [2.05, 4.69) is 5.32 Å². The Balaban J connectivity index is 1.97. The van der Waals surface area contributed by atoms with E-state index in [1.54, 1.807) is 0 Å². The van der Waals surface area contributed by atoms with Crippen LogP contribution < -0.4 is 5.32 Å². The predicted molar refractivity (Wildman–Crippen MR) is 35.1 cm³/mol. The van der Waals surface area contributed by atoms with E-state index in [-0.39, 0.29) is 0 Å². The number of nitrogens with one attached hydrogen (secondary N) is 1. The maximum absolute atomic E-state index is 5.49. The van der Waals surface area contributed by atoms with Crippen LogP contribution in [0.3, 0.4) is 0 Å². The summed E-state index contributed by atoms with van der Waals surface area (Å²) in [7, 11) is 0. The van der Waals surface area contributed by atoms with Crippen molar-refractivity contribution in [3.63, 3.8) is 0 Å². The van der Waals surface area contributed by atoms with E-state index in [0.29, 0.717) is 6.23 Å². The van der Waals surface area contributed by atoms with Gasteiger partial charge in [0.15, 0.2) is 0 Å². The Morgan fingerprint density at radius 3 is 3.22 bits per heavy atom. The predicted octanol–water partition coefficient (Wildman–Crippen LogP) is 0.732. The molecule has 0 aromatic rings. The molecule has 2 fully saturated rings. The van der Waals surface area contributed by atoms with Crippen molar-refractivity contribution in [1.29, 1.82) is 0 Å². The summed E-state index contributed by atoms with van der Waals surface area (Å²) < 4.78 is 5.49. The number of ether oxygens (including phenoxy) is 1. The van der Waals surface area contributed by atoms with E-state index in [9.17, 15) is 0 Å². The molecule has 0 saturated carbocycles. The van der Waals surface area contributed by atoms with Gasteiger partial charge in [-0.15, -0.1) is 0 Å². The van der Waals surface area contributed by atoms with Gasteiger partial charge in [-0.1, -0.05) is 0 Å². The van der Waals surface area contributed by atoms with E-state index in [1.807, 2.05) is 0 Å². The second-order valence-corrected chi connectivity index (χ2v) is 2.94. The van der Waals surface area contributed by atoms with Crippen molar-refractivity contribution >= 4 is 0 Å². The van der Waals surface area contributed by atoms with Crippen molar-refractivity contribution < 1.29 is 4.74 Å². The first kappa shape index (κ1) is 5.69. The Bertz CT molecular complexity index is 93.1. The molecule has 2 rings (SSSR count). The van der Waals surface area contributed by atoms with Crippen LogP contribution in [0.5, 0.6) is 0 Å². The number of hydrogen-bond donors (Lipinski definition) is 1. The minimum absolute atomic E-state index is 0.416. The highest BCUT2D eigenvalue weighted by atomic mass is 16.5. The van der Waals surface area contributed by atoms with Gasteiger partial charge in [0.05, 0.1) is 0 Å². The van der Waals surface area contributed by atoms with Crippen LogP contribution in [0.4, 0.5) is 0 Å². The van der Waals surface area contributed by atoms with E-state index in [0.717, 1.165) is 19.1 Å². The summed E-state index contributed by atoms with van der Waals surface area (Å²) in [5.74, 6) is 0.832. The molecule has 1 N–H and O–H groups in total. The van der Waals surface area contributed by atoms with E-state index >= 15 is 0 Å². The fourth-order valence-corrected chi connectivity index (χ4v) is 1.78. The lowest BCUT2D eigenvalue weighted by Crippen LogP contribution is -2.33. The fourth-order valence-electron chi connectivity index (χ4n) is 1.78. The zero-order chi connectivity index (χ0) is 6.10. The SMILES string of the molecule is C1COC2NCCC2C1. The summed E-state index contributed by atoms with van der Waals surface area (Å²) in [5.41, 5.74) is 0. The van der Waals surface area contributed by atoms with Crippen molar-refractivity contribution in [2.75, 3.05) is 13.2 Å². The van der Waals surface area contributed by atoms with Crippen LogP contribution in [0, 0.1) is 5.92 Å². The minimum atomic E-state index is 0.416. The van der Waals surface area contributed by atoms with Crippen molar-refractivity contribution in [2.24, 2.45) is 5.92 Å². The lowest BCUT2D eigenvalue weighted by molar-refractivity contribution is -0.0221. The first-order chi connectivity index (χ1) is 4.47. The van der Waals surface area contributed by atoms with Gasteiger partial charge in [-0.3, -0.25) is 5.32 Å². The van der Waals surface area contributed by atoms with Gasteiger partial charge in [-0.05, 0) is 31.7 Å². The normalized spacial score (nSPS) is 42.7. The maximum Gasteiger partial charge on any atom is 0.111 e. The second kappa shape index (κ2) is 2.27. The Labute approximate surface area is 55.6 Å². The Morgan fingerprint density at radius 1 is 1.33 bits per heavy atom. The second-order valence-electron chi connectivity index (χ2n) is 2.94. The van der Waals surface area contributed by atoms with Gasteiger partial charge >= 0.3 is 0 Å². The van der Waals surface area contributed by atoms with Gasteiger partial charge in [0.25, 0.3) is 0 Å². The molecule has 2 aliphatic rings. The highest BCUT2D eigenvalue weighted by molar-refractivity contribution is 4.79. The van der Waals surface area contributed by atoms with Crippen LogP contribution in [0.15, 0.2) is 0 Å². The molecule has 2 saturated heterocycles. The topological polar surface area (TPSA) is 21.3 Å². The fraction of sp³-hybridized carbons (Fsp3) is 1.00. The van der Waals surface area contributed by atoms with Crippen LogP contribution in [-0.4, -0.2) is 19.4 Å². The van der Waals surface area contributed by atoms with Gasteiger partial charge in [-0.25, -0.2) is 0 Å². The largest absolute Gasteiger partial charge is 0.363 e. The third-order valence-electron chi connectivity index (χ3n) is 2.31. The Hall–Kier alpha value is -0.0800. The zero-order valence-electron chi connectivity index (χ0n) is 5.60. The first-order valence-corrected chi connectivity index (χ1v) is 3.82. The van der Waals surface area contributed by atoms with Crippen LogP contribution in [0.1, 0.15) is 19.3 Å². The highest BCUT2D eigenvalue weighted by Gasteiger charge is 2.29. The van der Waals surface area contributed by atoms with E-state index in [4.69, 9.17) is 4.74 Å². The molecule has 0 aromatic heterocycles. The van der Waals surface area contributed by atoms with Crippen molar-refractivity contribution in [1.82, 2.24) is 5.32 Å². The molecule has 0 radical (unpaired) electrons. The molecule has 0 aliphatic carbocycles. The molecule has 0 aromatic carbocycles. The molecule has 2 heteroatoms. The average Bonchev–Trinajstić information content (AvgIpc) is 2.33. The van der Waals surface area contributed by atoms with Crippen molar-refractivity contribution in [3.8, 4) is 0 Å². The van der Waals surface area contributed by atoms with Crippen LogP contribution in [0.2, 0.25) is 0 Å². The van der Waals surface area contributed by atoms with Gasteiger partial charge in [0.2, 0.25) is 0 Å². The Kier molecular flexibility index (Phi) is 1.44. The van der Waals surface area contributed by atoms with Crippen molar-refractivity contribution in [2.45, 2.75) is 25.5 Å². The van der Waals surface area contributed by atoms with Gasteiger partial charge in [-0.2, -0.15) is 0 Å². The van der Waals surface area contributed by atoms with Crippen LogP contribution >= 0.6 is 0 Å². The monoisotopic (exact) mass is 127 g/mol. The molecule has 2 nitrogen and oxygen atoms in total. The van der Waals surface area contributed by atoms with Crippen LogP contribution in [0.25, 0.3) is 0 Å². The lowest BCUT2D eigenvalue weighted by Gasteiger charge is -2.24. The van der Waals surface area contributed by atoms with E-state index < -0.39 is 0 Å². The summed E-state index contributed by atoms with van der Waals surface area (Å²) in [6.45, 7) is 2.13. The minimum Gasteiger partial charge on any atom is -0.363 e. The summed E-state index contributed by atoms with van der Waals surface area (Å²) in [6.07, 6.45) is 4.38. The molecule has 2 atom stereocenters. The zero-order valence-corrected chi connectivity index (χ0v) is 5.60. The quantitative estimate of drug-likeness (QED) is 0.518. The molecule has 2 heterocycles. The maximum atomic E-state index is 5.49. The van der Waals surface area contributed by atoms with Gasteiger partial charge in [0, 0.05) is 6.61 Å². The van der Waals surface area contributed by atoms with Crippen molar-refractivity contribution in [3.05, 3.63) is 0 Å². The Morgan fingerprint density at radius 2 is 2.33 bits per heavy atom. The average molecular weight is 127 g/mol. The van der Waals surface area contributed by atoms with Crippen LogP contribution in [-0.2, 0) is 4.74 Å². The summed E-state index contributed by atoms with van der Waals surface area (Å²) >= 11 is 0. The standard InChI is InChI=1S/C7H13NO/c1-2-6-3-4-8-7(6)9-5-1/h6-8H,1-5H2. The third-order valence-corrected chi connectivity index (χ3v) is 2.31. The summed E-state index contributed by atoms with van der Waals surface area (Å²) in [6, 6.07) is 0. The van der Waals surface area contributed by atoms with Gasteiger partial charge < -0.3 is 4.74 Å². The molecule has 0 bridgehead atoms. The smallest absolute Gasteiger partial charge is 0.111 e. The molecule has 2 aliphatic heterocycles. The number of rotatable bonds is 0. The lowest BCUT2D eigenvalue weighted by atomic mass is 9.99. The number of hydrogen-bond acceptors (Lipinski definition) is 2. The molecule has 2 unspecified atom stereocenters. The van der Waals surface area contributed by atoms with Gasteiger partial charge in [0.1, 0.15) is 6.23 Å². The third kappa shape index (κ3) is 0.970. The molecular weight excluding hydrogens is 114 g/mol. The molecule has 52 valence electrons. The molecule has 9 heavy (non-hydrogen) atoms. The summed E-state index contributed by atoms with van der Waals surface area (Å²) in [4.78, 5) is 0.